The number of aryl methyl sites for hydroxylation is 1. The fourth-order valence-corrected chi connectivity index (χ4v) is 3.09. The number of rotatable bonds is 4. The lowest BCUT2D eigenvalue weighted by atomic mass is 9.89. The van der Waals surface area contributed by atoms with E-state index in [9.17, 15) is 5.11 Å². The molecule has 1 saturated heterocycles. The second kappa shape index (κ2) is 6.25. The lowest BCUT2D eigenvalue weighted by Gasteiger charge is -2.42. The summed E-state index contributed by atoms with van der Waals surface area (Å²) in [7, 11) is 0. The van der Waals surface area contributed by atoms with Crippen LogP contribution in [0.1, 0.15) is 50.3 Å². The Balaban J connectivity index is 2.21. The second-order valence-electron chi connectivity index (χ2n) is 6.46. The summed E-state index contributed by atoms with van der Waals surface area (Å²) >= 11 is 0. The fourth-order valence-electron chi connectivity index (χ4n) is 3.09. The molecular formula is C17H28N2O. The minimum Gasteiger partial charge on any atom is -0.390 e. The molecular weight excluding hydrogens is 248 g/mol. The summed E-state index contributed by atoms with van der Waals surface area (Å²) in [5, 5.41) is 10.1. The van der Waals surface area contributed by atoms with Crippen molar-refractivity contribution in [2.24, 2.45) is 5.73 Å². The maximum Gasteiger partial charge on any atom is 0.0644 e. The molecule has 0 bridgehead atoms. The predicted molar refractivity (Wildman–Crippen MR) is 83.6 cm³/mol. The van der Waals surface area contributed by atoms with E-state index in [1.54, 1.807) is 0 Å². The number of nitrogens with zero attached hydrogens (tertiary/aromatic N) is 1. The van der Waals surface area contributed by atoms with Gasteiger partial charge in [-0.2, -0.15) is 0 Å². The van der Waals surface area contributed by atoms with E-state index in [1.807, 2.05) is 6.92 Å². The Labute approximate surface area is 122 Å². The molecule has 1 heterocycles. The second-order valence-corrected chi connectivity index (χ2v) is 6.46. The molecule has 20 heavy (non-hydrogen) atoms. The quantitative estimate of drug-likeness (QED) is 0.889. The monoisotopic (exact) mass is 276 g/mol. The summed E-state index contributed by atoms with van der Waals surface area (Å²) in [5.41, 5.74) is 8.47. The first-order valence-electron chi connectivity index (χ1n) is 7.71. The molecule has 3 heteroatoms. The zero-order valence-electron chi connectivity index (χ0n) is 13.0. The molecule has 2 rings (SSSR count). The molecule has 0 aromatic heterocycles. The third-order valence-electron chi connectivity index (χ3n) is 4.53. The molecule has 112 valence electrons. The van der Waals surface area contributed by atoms with Gasteiger partial charge in [-0.1, -0.05) is 36.8 Å². The van der Waals surface area contributed by atoms with Gasteiger partial charge in [-0.05, 0) is 38.7 Å². The average molecular weight is 276 g/mol. The summed E-state index contributed by atoms with van der Waals surface area (Å²) in [4.78, 5) is 2.45. The van der Waals surface area contributed by atoms with Crippen LogP contribution < -0.4 is 5.73 Å². The van der Waals surface area contributed by atoms with Gasteiger partial charge in [-0.15, -0.1) is 0 Å². The number of benzene rings is 1. The van der Waals surface area contributed by atoms with Gasteiger partial charge in [-0.25, -0.2) is 0 Å². The van der Waals surface area contributed by atoms with Crippen molar-refractivity contribution in [1.82, 2.24) is 4.90 Å². The van der Waals surface area contributed by atoms with Crippen LogP contribution >= 0.6 is 0 Å². The zero-order chi connectivity index (χ0) is 14.8. The molecule has 1 aromatic rings. The van der Waals surface area contributed by atoms with Crippen molar-refractivity contribution < 1.29 is 5.11 Å². The SMILES string of the molecule is CCC(N)C(c1cccc(C)c1)N1CCC(C)(O)CC1. The number of piperidine rings is 1. The molecule has 2 unspecified atom stereocenters. The molecule has 0 saturated carbocycles. The van der Waals surface area contributed by atoms with Crippen LogP contribution in [0.4, 0.5) is 0 Å². The molecule has 1 fully saturated rings. The van der Waals surface area contributed by atoms with Crippen LogP contribution in [0.3, 0.4) is 0 Å². The van der Waals surface area contributed by atoms with Gasteiger partial charge in [-0.3, -0.25) is 4.90 Å². The van der Waals surface area contributed by atoms with Gasteiger partial charge in [0.2, 0.25) is 0 Å². The molecule has 0 spiro atoms. The van der Waals surface area contributed by atoms with Crippen LogP contribution in [-0.4, -0.2) is 34.7 Å². The Kier molecular flexibility index (Phi) is 4.84. The predicted octanol–water partition coefficient (Wildman–Crippen LogP) is 2.62. The van der Waals surface area contributed by atoms with Crippen molar-refractivity contribution in [1.29, 1.82) is 0 Å². The fraction of sp³-hybridized carbons (Fsp3) is 0.647. The Morgan fingerprint density at radius 2 is 2.00 bits per heavy atom. The zero-order valence-corrected chi connectivity index (χ0v) is 13.0. The Morgan fingerprint density at radius 3 is 2.55 bits per heavy atom. The van der Waals surface area contributed by atoms with E-state index in [0.29, 0.717) is 0 Å². The van der Waals surface area contributed by atoms with Gasteiger partial charge >= 0.3 is 0 Å². The number of aliphatic hydroxyl groups is 1. The van der Waals surface area contributed by atoms with E-state index in [-0.39, 0.29) is 12.1 Å². The maximum absolute atomic E-state index is 10.1. The highest BCUT2D eigenvalue weighted by atomic mass is 16.3. The van der Waals surface area contributed by atoms with Gasteiger partial charge in [0.15, 0.2) is 0 Å². The third kappa shape index (κ3) is 3.60. The topological polar surface area (TPSA) is 49.5 Å². The Morgan fingerprint density at radius 1 is 1.35 bits per heavy atom. The maximum atomic E-state index is 10.1. The van der Waals surface area contributed by atoms with Crippen LogP contribution in [-0.2, 0) is 0 Å². The normalized spacial score (nSPS) is 22.4. The summed E-state index contributed by atoms with van der Waals surface area (Å²) in [6, 6.07) is 9.06. The van der Waals surface area contributed by atoms with Gasteiger partial charge in [0, 0.05) is 25.2 Å². The van der Waals surface area contributed by atoms with Gasteiger partial charge < -0.3 is 10.8 Å². The van der Waals surface area contributed by atoms with Crippen molar-refractivity contribution in [3.63, 3.8) is 0 Å². The van der Waals surface area contributed by atoms with Crippen LogP contribution in [0.2, 0.25) is 0 Å². The molecule has 0 amide bonds. The summed E-state index contributed by atoms with van der Waals surface area (Å²) < 4.78 is 0. The molecule has 3 N–H and O–H groups in total. The minimum atomic E-state index is -0.510. The molecule has 0 radical (unpaired) electrons. The average Bonchev–Trinajstić information content (AvgIpc) is 2.41. The van der Waals surface area contributed by atoms with Crippen molar-refractivity contribution in [3.05, 3.63) is 35.4 Å². The van der Waals surface area contributed by atoms with E-state index in [1.165, 1.54) is 11.1 Å². The molecule has 1 aliphatic rings. The number of hydrogen-bond donors (Lipinski definition) is 2. The van der Waals surface area contributed by atoms with E-state index >= 15 is 0 Å². The van der Waals surface area contributed by atoms with Crippen LogP contribution in [0.5, 0.6) is 0 Å². The molecule has 3 nitrogen and oxygen atoms in total. The summed E-state index contributed by atoms with van der Waals surface area (Å²) in [5.74, 6) is 0. The van der Waals surface area contributed by atoms with Crippen molar-refractivity contribution in [2.75, 3.05) is 13.1 Å². The lowest BCUT2D eigenvalue weighted by Crippen LogP contribution is -2.48. The van der Waals surface area contributed by atoms with Gasteiger partial charge in [0.1, 0.15) is 0 Å². The molecule has 2 atom stereocenters. The number of hydrogen-bond acceptors (Lipinski definition) is 3. The first-order chi connectivity index (χ1) is 9.43. The molecule has 1 aliphatic heterocycles. The largest absolute Gasteiger partial charge is 0.390 e. The Bertz CT molecular complexity index is 434. The lowest BCUT2D eigenvalue weighted by molar-refractivity contribution is -0.0202. The van der Waals surface area contributed by atoms with Crippen LogP contribution in [0, 0.1) is 6.92 Å². The van der Waals surface area contributed by atoms with Crippen molar-refractivity contribution in [3.8, 4) is 0 Å². The first-order valence-corrected chi connectivity index (χ1v) is 7.71. The number of likely N-dealkylation sites (tertiary alicyclic amines) is 1. The van der Waals surface area contributed by atoms with Crippen molar-refractivity contribution in [2.45, 2.75) is 57.7 Å². The molecule has 1 aromatic carbocycles. The highest BCUT2D eigenvalue weighted by Crippen LogP contribution is 2.31. The first kappa shape index (κ1) is 15.5. The van der Waals surface area contributed by atoms with E-state index in [0.717, 1.165) is 32.4 Å². The standard InChI is InChI=1S/C17H28N2O/c1-4-15(18)16(14-7-5-6-13(2)12-14)19-10-8-17(3,20)9-11-19/h5-7,12,15-16,20H,4,8-11,18H2,1-3H3. The highest BCUT2D eigenvalue weighted by Gasteiger charge is 2.33. The van der Waals surface area contributed by atoms with E-state index in [2.05, 4.69) is 43.0 Å². The Hall–Kier alpha value is -0.900. The highest BCUT2D eigenvalue weighted by molar-refractivity contribution is 5.26. The van der Waals surface area contributed by atoms with E-state index < -0.39 is 5.60 Å². The van der Waals surface area contributed by atoms with E-state index in [4.69, 9.17) is 5.73 Å². The summed E-state index contributed by atoms with van der Waals surface area (Å²) in [6.07, 6.45) is 2.61. The smallest absolute Gasteiger partial charge is 0.0644 e. The minimum absolute atomic E-state index is 0.139. The number of nitrogens with two attached hydrogens (primary N) is 1. The van der Waals surface area contributed by atoms with Gasteiger partial charge in [0.05, 0.1) is 5.60 Å². The third-order valence-corrected chi connectivity index (χ3v) is 4.53. The summed E-state index contributed by atoms with van der Waals surface area (Å²) in [6.45, 7) is 8.04. The van der Waals surface area contributed by atoms with Crippen LogP contribution in [0.15, 0.2) is 24.3 Å². The van der Waals surface area contributed by atoms with Gasteiger partial charge in [0.25, 0.3) is 0 Å². The van der Waals surface area contributed by atoms with Crippen LogP contribution in [0.25, 0.3) is 0 Å². The molecule has 0 aliphatic carbocycles. The van der Waals surface area contributed by atoms with Crippen molar-refractivity contribution >= 4 is 0 Å².